The molecule has 0 saturated heterocycles. The highest BCUT2D eigenvalue weighted by Gasteiger charge is 2.34. The molecule has 6 nitrogen and oxygen atoms in total. The molecule has 0 aliphatic rings. The second-order valence-corrected chi connectivity index (χ2v) is 7.62. The van der Waals surface area contributed by atoms with Gasteiger partial charge in [-0.15, -0.1) is 0 Å². The highest BCUT2D eigenvalue weighted by molar-refractivity contribution is 6.02. The number of alkyl halides is 3. The number of oxazole rings is 1. The second-order valence-electron chi connectivity index (χ2n) is 7.62. The van der Waals surface area contributed by atoms with Crippen molar-refractivity contribution in [3.63, 3.8) is 0 Å². The van der Waals surface area contributed by atoms with E-state index in [-0.39, 0.29) is 23.6 Å². The smallest absolute Gasteiger partial charge is 0.419 e. The lowest BCUT2D eigenvalue weighted by Crippen LogP contribution is -2.10. The van der Waals surface area contributed by atoms with E-state index >= 15 is 0 Å². The normalized spacial score (nSPS) is 11.8. The van der Waals surface area contributed by atoms with Crippen molar-refractivity contribution in [3.05, 3.63) is 89.0 Å². The third-order valence-corrected chi connectivity index (χ3v) is 5.03. The van der Waals surface area contributed by atoms with Crippen LogP contribution < -0.4 is 5.32 Å². The van der Waals surface area contributed by atoms with E-state index in [2.05, 4.69) is 10.3 Å². The Bertz CT molecular complexity index is 1510. The molecule has 3 aromatic carbocycles. The summed E-state index contributed by atoms with van der Waals surface area (Å²) < 4.78 is 72.7. The molecular formula is C25H15F5N2O4. The molecule has 4 aromatic rings. The number of hydrogen-bond acceptors (Lipinski definition) is 4. The van der Waals surface area contributed by atoms with Crippen molar-refractivity contribution in [3.8, 4) is 11.5 Å². The van der Waals surface area contributed by atoms with E-state index < -0.39 is 40.8 Å². The number of fused-ring (bicyclic) bond motifs is 1. The van der Waals surface area contributed by atoms with E-state index in [4.69, 9.17) is 9.52 Å². The summed E-state index contributed by atoms with van der Waals surface area (Å²) in [5, 5.41) is 11.1. The Kier molecular flexibility index (Phi) is 6.56. The molecule has 0 saturated carbocycles. The third kappa shape index (κ3) is 5.40. The molecule has 0 radical (unpaired) electrons. The van der Waals surface area contributed by atoms with Crippen LogP contribution in [0.3, 0.4) is 0 Å². The maximum absolute atomic E-state index is 14.6. The topological polar surface area (TPSA) is 92.4 Å². The zero-order chi connectivity index (χ0) is 26.0. The summed E-state index contributed by atoms with van der Waals surface area (Å²) in [6.07, 6.45) is -3.46. The van der Waals surface area contributed by atoms with Crippen molar-refractivity contribution in [1.29, 1.82) is 0 Å². The third-order valence-electron chi connectivity index (χ3n) is 5.03. The molecule has 0 fully saturated rings. The number of rotatable bonds is 6. The van der Waals surface area contributed by atoms with Crippen LogP contribution >= 0.6 is 0 Å². The van der Waals surface area contributed by atoms with Gasteiger partial charge in [0.2, 0.25) is 11.8 Å². The number of nitrogens with zero attached hydrogens (tertiary/aromatic N) is 1. The molecule has 11 heteroatoms. The van der Waals surface area contributed by atoms with Crippen LogP contribution in [-0.4, -0.2) is 22.0 Å². The van der Waals surface area contributed by atoms with Crippen molar-refractivity contribution in [1.82, 2.24) is 4.98 Å². The maximum atomic E-state index is 14.6. The Hall–Kier alpha value is -4.54. The number of carboxylic acids is 1. The molecule has 1 amide bonds. The number of benzene rings is 3. The summed E-state index contributed by atoms with van der Waals surface area (Å²) in [6, 6.07) is 11.0. The number of carbonyl (C=O) groups excluding carboxylic acids is 1. The van der Waals surface area contributed by atoms with Crippen molar-refractivity contribution in [2.45, 2.75) is 12.6 Å². The summed E-state index contributed by atoms with van der Waals surface area (Å²) in [5.74, 6) is -4.22. The van der Waals surface area contributed by atoms with E-state index in [0.29, 0.717) is 22.7 Å². The molecule has 0 bridgehead atoms. The van der Waals surface area contributed by atoms with Crippen LogP contribution in [0.4, 0.5) is 27.6 Å². The van der Waals surface area contributed by atoms with Crippen LogP contribution in [0.2, 0.25) is 0 Å². The summed E-state index contributed by atoms with van der Waals surface area (Å²) >= 11 is 0. The SMILES string of the molecule is O=C(O)Cc1ccc2oc(-c3ccc(NC(=O)C=Cc4cccc(C(F)(F)F)c4F)c(F)c3)nc2c1. The molecule has 184 valence electrons. The predicted molar refractivity (Wildman–Crippen MR) is 120 cm³/mol. The first-order valence-corrected chi connectivity index (χ1v) is 10.3. The number of amides is 1. The van der Waals surface area contributed by atoms with E-state index in [0.717, 1.165) is 30.4 Å². The quantitative estimate of drug-likeness (QED) is 0.247. The van der Waals surface area contributed by atoms with Crippen molar-refractivity contribution < 1.29 is 41.1 Å². The van der Waals surface area contributed by atoms with Gasteiger partial charge in [-0.2, -0.15) is 13.2 Å². The van der Waals surface area contributed by atoms with Crippen LogP contribution in [0.5, 0.6) is 0 Å². The molecule has 2 N–H and O–H groups in total. The Morgan fingerprint density at radius 3 is 2.53 bits per heavy atom. The molecule has 1 aromatic heterocycles. The van der Waals surface area contributed by atoms with Gasteiger partial charge >= 0.3 is 12.1 Å². The highest BCUT2D eigenvalue weighted by Crippen LogP contribution is 2.33. The van der Waals surface area contributed by atoms with Crippen molar-refractivity contribution in [2.24, 2.45) is 0 Å². The van der Waals surface area contributed by atoms with Gasteiger partial charge in [0.25, 0.3) is 0 Å². The first-order valence-electron chi connectivity index (χ1n) is 10.3. The van der Waals surface area contributed by atoms with E-state index in [9.17, 15) is 31.5 Å². The Morgan fingerprint density at radius 1 is 1.06 bits per heavy atom. The van der Waals surface area contributed by atoms with E-state index in [1.807, 2.05) is 0 Å². The van der Waals surface area contributed by atoms with Gasteiger partial charge in [-0.3, -0.25) is 9.59 Å². The van der Waals surface area contributed by atoms with Crippen LogP contribution in [0.25, 0.3) is 28.6 Å². The van der Waals surface area contributed by atoms with Gasteiger partial charge in [-0.1, -0.05) is 18.2 Å². The summed E-state index contributed by atoms with van der Waals surface area (Å²) in [7, 11) is 0. The monoisotopic (exact) mass is 502 g/mol. The van der Waals surface area contributed by atoms with Crippen LogP contribution in [0, 0.1) is 11.6 Å². The molecule has 0 atom stereocenters. The van der Waals surface area contributed by atoms with Crippen molar-refractivity contribution in [2.75, 3.05) is 5.32 Å². The molecule has 0 aliphatic carbocycles. The Balaban J connectivity index is 1.50. The fraction of sp³-hybridized carbons (Fsp3) is 0.0800. The lowest BCUT2D eigenvalue weighted by atomic mass is 10.1. The number of carboxylic acid groups (broad SMARTS) is 1. The average molecular weight is 502 g/mol. The van der Waals surface area contributed by atoms with Gasteiger partial charge in [-0.25, -0.2) is 13.8 Å². The molecule has 0 unspecified atom stereocenters. The maximum Gasteiger partial charge on any atom is 0.419 e. The van der Waals surface area contributed by atoms with Gasteiger partial charge in [0.05, 0.1) is 17.7 Å². The van der Waals surface area contributed by atoms with Gasteiger partial charge in [0.1, 0.15) is 17.2 Å². The fourth-order valence-corrected chi connectivity index (χ4v) is 3.37. The number of nitrogens with one attached hydrogen (secondary N) is 1. The minimum Gasteiger partial charge on any atom is -0.481 e. The lowest BCUT2D eigenvalue weighted by molar-refractivity contribution is -0.140. The van der Waals surface area contributed by atoms with E-state index in [1.165, 1.54) is 12.1 Å². The van der Waals surface area contributed by atoms with Gasteiger partial charge in [0.15, 0.2) is 5.58 Å². The number of carbonyl (C=O) groups is 2. The van der Waals surface area contributed by atoms with Crippen LogP contribution in [0.1, 0.15) is 16.7 Å². The van der Waals surface area contributed by atoms with E-state index in [1.54, 1.807) is 18.2 Å². The molecule has 0 aliphatic heterocycles. The van der Waals surface area contributed by atoms with Crippen molar-refractivity contribution >= 4 is 34.7 Å². The molecule has 36 heavy (non-hydrogen) atoms. The second kappa shape index (κ2) is 9.61. The minimum atomic E-state index is -4.89. The number of hydrogen-bond donors (Lipinski definition) is 2. The largest absolute Gasteiger partial charge is 0.481 e. The molecule has 0 spiro atoms. The first kappa shape index (κ1) is 24.6. The van der Waals surface area contributed by atoms with Gasteiger partial charge in [-0.05, 0) is 48.0 Å². The minimum absolute atomic E-state index is 0.0640. The summed E-state index contributed by atoms with van der Waals surface area (Å²) in [4.78, 5) is 27.2. The standard InChI is InChI=1S/C25H15F5N2O4/c26-17-12-15(24-32-19-10-13(11-22(34)35)4-8-20(19)36-24)5-7-18(17)31-21(33)9-6-14-2-1-3-16(23(14)27)25(28,29)30/h1-10,12H,11H2,(H,31,33)(H,34,35). The number of halogens is 5. The first-order chi connectivity index (χ1) is 17.0. The zero-order valence-corrected chi connectivity index (χ0v) is 18.1. The number of aromatic nitrogens is 1. The Morgan fingerprint density at radius 2 is 1.83 bits per heavy atom. The number of anilines is 1. The highest BCUT2D eigenvalue weighted by atomic mass is 19.4. The lowest BCUT2D eigenvalue weighted by Gasteiger charge is -2.09. The van der Waals surface area contributed by atoms with Gasteiger partial charge < -0.3 is 14.8 Å². The molecule has 4 rings (SSSR count). The van der Waals surface area contributed by atoms with Crippen LogP contribution in [0.15, 0.2) is 65.1 Å². The predicted octanol–water partition coefficient (Wildman–Crippen LogP) is 6.07. The summed E-state index contributed by atoms with van der Waals surface area (Å²) in [5.41, 5.74) is -0.669. The number of aliphatic carboxylic acids is 1. The Labute approximate surface area is 199 Å². The zero-order valence-electron chi connectivity index (χ0n) is 18.1. The van der Waals surface area contributed by atoms with Crippen LogP contribution in [-0.2, 0) is 22.2 Å². The average Bonchev–Trinajstić information content (AvgIpc) is 3.22. The molecule has 1 heterocycles. The van der Waals surface area contributed by atoms with Gasteiger partial charge in [0, 0.05) is 17.2 Å². The summed E-state index contributed by atoms with van der Waals surface area (Å²) in [6.45, 7) is 0. The fourth-order valence-electron chi connectivity index (χ4n) is 3.37. The molecular weight excluding hydrogens is 487 g/mol.